The van der Waals surface area contributed by atoms with Crippen molar-refractivity contribution >= 4 is 18.3 Å². The fourth-order valence-electron chi connectivity index (χ4n) is 2.56. The van der Waals surface area contributed by atoms with Crippen LogP contribution >= 0.6 is 12.4 Å². The SMILES string of the molecule is CCC(C)C(N)C(=O)N1CCN(Cc2ccccn2)CC1.Cl. The van der Waals surface area contributed by atoms with Crippen molar-refractivity contribution in [1.82, 2.24) is 14.8 Å². The maximum absolute atomic E-state index is 12.3. The van der Waals surface area contributed by atoms with Crippen molar-refractivity contribution in [2.24, 2.45) is 11.7 Å². The number of aromatic nitrogens is 1. The normalized spacial score (nSPS) is 18.4. The lowest BCUT2D eigenvalue weighted by atomic mass is 9.98. The number of carbonyl (C=O) groups excluding carboxylic acids is 1. The van der Waals surface area contributed by atoms with Crippen molar-refractivity contribution < 1.29 is 4.79 Å². The lowest BCUT2D eigenvalue weighted by Gasteiger charge is -2.36. The molecule has 2 atom stereocenters. The summed E-state index contributed by atoms with van der Waals surface area (Å²) < 4.78 is 0. The van der Waals surface area contributed by atoms with Gasteiger partial charge in [0, 0.05) is 38.9 Å². The molecule has 1 aromatic rings. The summed E-state index contributed by atoms with van der Waals surface area (Å²) in [5, 5.41) is 0. The van der Waals surface area contributed by atoms with Crippen LogP contribution < -0.4 is 5.73 Å². The van der Waals surface area contributed by atoms with Gasteiger partial charge >= 0.3 is 0 Å². The zero-order valence-corrected chi connectivity index (χ0v) is 14.3. The highest BCUT2D eigenvalue weighted by atomic mass is 35.5. The molecule has 0 saturated carbocycles. The third kappa shape index (κ3) is 4.93. The highest BCUT2D eigenvalue weighted by Crippen LogP contribution is 2.12. The highest BCUT2D eigenvalue weighted by Gasteiger charge is 2.27. The lowest BCUT2D eigenvalue weighted by Crippen LogP contribution is -2.54. The van der Waals surface area contributed by atoms with Gasteiger partial charge in [-0.2, -0.15) is 0 Å². The van der Waals surface area contributed by atoms with Crippen LogP contribution in [0.25, 0.3) is 0 Å². The van der Waals surface area contributed by atoms with Crippen LogP contribution in [0.4, 0.5) is 0 Å². The van der Waals surface area contributed by atoms with Gasteiger partial charge in [-0.3, -0.25) is 14.7 Å². The average Bonchev–Trinajstić information content (AvgIpc) is 2.54. The molecule has 1 aliphatic rings. The first-order valence-electron chi connectivity index (χ1n) is 7.78. The Balaban J connectivity index is 0.00000242. The molecule has 1 amide bonds. The number of nitrogens with zero attached hydrogens (tertiary/aromatic N) is 3. The number of amides is 1. The second-order valence-electron chi connectivity index (χ2n) is 5.83. The van der Waals surface area contributed by atoms with Gasteiger partial charge in [-0.15, -0.1) is 12.4 Å². The van der Waals surface area contributed by atoms with Crippen molar-refractivity contribution in [2.45, 2.75) is 32.9 Å². The van der Waals surface area contributed by atoms with Crippen molar-refractivity contribution in [3.05, 3.63) is 30.1 Å². The predicted molar refractivity (Wildman–Crippen MR) is 90.8 cm³/mol. The molecule has 1 aliphatic heterocycles. The van der Waals surface area contributed by atoms with Crippen molar-refractivity contribution in [1.29, 1.82) is 0 Å². The number of hydrogen-bond donors (Lipinski definition) is 1. The van der Waals surface area contributed by atoms with Gasteiger partial charge in [-0.1, -0.05) is 26.3 Å². The van der Waals surface area contributed by atoms with Crippen LogP contribution in [0, 0.1) is 5.92 Å². The number of carbonyl (C=O) groups is 1. The maximum Gasteiger partial charge on any atom is 0.239 e. The molecule has 0 aromatic carbocycles. The molecule has 2 rings (SSSR count). The van der Waals surface area contributed by atoms with Gasteiger partial charge in [0.2, 0.25) is 5.91 Å². The van der Waals surface area contributed by atoms with Crippen LogP contribution in [0.1, 0.15) is 26.0 Å². The quantitative estimate of drug-likeness (QED) is 0.891. The van der Waals surface area contributed by atoms with Crippen molar-refractivity contribution in [2.75, 3.05) is 26.2 Å². The Labute approximate surface area is 139 Å². The Morgan fingerprint density at radius 1 is 1.32 bits per heavy atom. The molecule has 1 fully saturated rings. The third-order valence-electron chi connectivity index (χ3n) is 4.34. The molecule has 22 heavy (non-hydrogen) atoms. The first-order valence-corrected chi connectivity index (χ1v) is 7.78. The number of hydrogen-bond acceptors (Lipinski definition) is 4. The van der Waals surface area contributed by atoms with E-state index in [1.54, 1.807) is 0 Å². The zero-order chi connectivity index (χ0) is 15.2. The smallest absolute Gasteiger partial charge is 0.239 e. The molecule has 5 nitrogen and oxygen atoms in total. The molecule has 0 radical (unpaired) electrons. The van der Waals surface area contributed by atoms with E-state index in [0.29, 0.717) is 0 Å². The standard InChI is InChI=1S/C16H26N4O.ClH/c1-3-13(2)15(17)16(21)20-10-8-19(9-11-20)12-14-6-4-5-7-18-14;/h4-7,13,15H,3,8-12,17H2,1-2H3;1H. The van der Waals surface area contributed by atoms with E-state index in [2.05, 4.69) is 16.8 Å². The van der Waals surface area contributed by atoms with Crippen molar-refractivity contribution in [3.63, 3.8) is 0 Å². The van der Waals surface area contributed by atoms with Gasteiger partial charge in [0.1, 0.15) is 0 Å². The van der Waals surface area contributed by atoms with Gasteiger partial charge in [-0.05, 0) is 18.1 Å². The fraction of sp³-hybridized carbons (Fsp3) is 0.625. The van der Waals surface area contributed by atoms with Crippen LogP contribution in [0.15, 0.2) is 24.4 Å². The molecule has 2 unspecified atom stereocenters. The molecular weight excluding hydrogens is 300 g/mol. The summed E-state index contributed by atoms with van der Waals surface area (Å²) in [6.07, 6.45) is 2.76. The molecular formula is C16H27ClN4O. The van der Waals surface area contributed by atoms with Crippen LogP contribution in [-0.2, 0) is 11.3 Å². The Morgan fingerprint density at radius 2 is 2.00 bits per heavy atom. The van der Waals surface area contributed by atoms with E-state index < -0.39 is 0 Å². The average molecular weight is 327 g/mol. The third-order valence-corrected chi connectivity index (χ3v) is 4.34. The molecule has 124 valence electrons. The molecule has 1 saturated heterocycles. The molecule has 2 heterocycles. The maximum atomic E-state index is 12.3. The van der Waals surface area contributed by atoms with E-state index >= 15 is 0 Å². The van der Waals surface area contributed by atoms with Gasteiger partial charge < -0.3 is 10.6 Å². The first-order chi connectivity index (χ1) is 10.1. The number of halogens is 1. The Morgan fingerprint density at radius 3 is 2.55 bits per heavy atom. The number of piperazine rings is 1. The van der Waals surface area contributed by atoms with Gasteiger partial charge in [-0.25, -0.2) is 0 Å². The summed E-state index contributed by atoms with van der Waals surface area (Å²) in [6, 6.07) is 5.61. The van der Waals surface area contributed by atoms with E-state index in [-0.39, 0.29) is 30.3 Å². The minimum absolute atomic E-state index is 0. The second kappa shape index (κ2) is 9.08. The van der Waals surface area contributed by atoms with Crippen LogP contribution in [0.3, 0.4) is 0 Å². The predicted octanol–water partition coefficient (Wildman–Crippen LogP) is 1.52. The zero-order valence-electron chi connectivity index (χ0n) is 13.4. The lowest BCUT2D eigenvalue weighted by molar-refractivity contribution is -0.135. The molecule has 0 aliphatic carbocycles. The van der Waals surface area contributed by atoms with E-state index in [9.17, 15) is 4.79 Å². The van der Waals surface area contributed by atoms with Gasteiger partial charge in [0.05, 0.1) is 11.7 Å². The Hall–Kier alpha value is -1.17. The summed E-state index contributed by atoms with van der Waals surface area (Å²) in [6.45, 7) is 8.25. The van der Waals surface area contributed by atoms with Crippen LogP contribution in [0.2, 0.25) is 0 Å². The number of rotatable bonds is 5. The summed E-state index contributed by atoms with van der Waals surface area (Å²) >= 11 is 0. The summed E-state index contributed by atoms with van der Waals surface area (Å²) in [5.41, 5.74) is 7.12. The van der Waals surface area contributed by atoms with E-state index in [1.807, 2.05) is 36.2 Å². The second-order valence-corrected chi connectivity index (χ2v) is 5.83. The monoisotopic (exact) mass is 326 g/mol. The summed E-state index contributed by atoms with van der Waals surface area (Å²) in [5.74, 6) is 0.339. The number of pyridine rings is 1. The Bertz CT molecular complexity index is 449. The molecule has 2 N–H and O–H groups in total. The van der Waals surface area contributed by atoms with E-state index in [0.717, 1.165) is 44.8 Å². The van der Waals surface area contributed by atoms with Gasteiger partial charge in [0.25, 0.3) is 0 Å². The van der Waals surface area contributed by atoms with Crippen LogP contribution in [0.5, 0.6) is 0 Å². The molecule has 1 aromatic heterocycles. The highest BCUT2D eigenvalue weighted by molar-refractivity contribution is 5.85. The fourth-order valence-corrected chi connectivity index (χ4v) is 2.56. The Kier molecular flexibility index (Phi) is 7.79. The summed E-state index contributed by atoms with van der Waals surface area (Å²) in [4.78, 5) is 20.9. The minimum Gasteiger partial charge on any atom is -0.339 e. The molecule has 0 spiro atoms. The van der Waals surface area contributed by atoms with Gasteiger partial charge in [0.15, 0.2) is 0 Å². The first kappa shape index (κ1) is 18.9. The van der Waals surface area contributed by atoms with E-state index in [1.165, 1.54) is 0 Å². The minimum atomic E-state index is -0.364. The van der Waals surface area contributed by atoms with Crippen molar-refractivity contribution in [3.8, 4) is 0 Å². The van der Waals surface area contributed by atoms with E-state index in [4.69, 9.17) is 5.73 Å². The number of nitrogens with two attached hydrogens (primary N) is 1. The summed E-state index contributed by atoms with van der Waals surface area (Å²) in [7, 11) is 0. The molecule has 6 heteroatoms. The van der Waals surface area contributed by atoms with Crippen LogP contribution in [-0.4, -0.2) is 52.9 Å². The topological polar surface area (TPSA) is 62.5 Å². The largest absolute Gasteiger partial charge is 0.339 e. The molecule has 0 bridgehead atoms.